The van der Waals surface area contributed by atoms with Gasteiger partial charge in [0.1, 0.15) is 0 Å². The van der Waals surface area contributed by atoms with Crippen LogP contribution in [0.5, 0.6) is 0 Å². The van der Waals surface area contributed by atoms with Gasteiger partial charge in [-0.05, 0) is 62.1 Å². The number of fused-ring (bicyclic) bond motifs is 1. The summed E-state index contributed by atoms with van der Waals surface area (Å²) in [6, 6.07) is 24.6. The molecule has 2 heterocycles. The van der Waals surface area contributed by atoms with E-state index < -0.39 is 0 Å². The van der Waals surface area contributed by atoms with Crippen LogP contribution in [0.4, 0.5) is 0 Å². The van der Waals surface area contributed by atoms with Gasteiger partial charge in [-0.1, -0.05) is 71.8 Å². The summed E-state index contributed by atoms with van der Waals surface area (Å²) in [7, 11) is 0. The topological polar surface area (TPSA) is 38.1 Å². The highest BCUT2D eigenvalue weighted by Gasteiger charge is 2.22. The first-order chi connectivity index (χ1) is 16.6. The second-order valence-corrected chi connectivity index (χ2v) is 9.83. The molecule has 0 saturated carbocycles. The van der Waals surface area contributed by atoms with E-state index in [0.717, 1.165) is 65.9 Å². The molecule has 4 nitrogen and oxygen atoms in total. The average molecular weight is 508 g/mol. The van der Waals surface area contributed by atoms with Gasteiger partial charge in [0.2, 0.25) is 0 Å². The largest absolute Gasteiger partial charge is 0.299 e. The van der Waals surface area contributed by atoms with E-state index in [0.29, 0.717) is 6.42 Å². The number of hydrogen-bond acceptors (Lipinski definition) is 3. The highest BCUT2D eigenvalue weighted by molar-refractivity contribution is 6.30. The zero-order valence-electron chi connectivity index (χ0n) is 20.0. The lowest BCUT2D eigenvalue weighted by Gasteiger charge is -2.21. The fourth-order valence-corrected chi connectivity index (χ4v) is 5.07. The molecule has 1 saturated heterocycles. The molecule has 4 aromatic rings. The molecule has 0 radical (unpaired) electrons. The molecule has 0 spiro atoms. The van der Waals surface area contributed by atoms with E-state index >= 15 is 0 Å². The number of likely N-dealkylation sites (tertiary alicyclic amines) is 1. The average Bonchev–Trinajstić information content (AvgIpc) is 3.09. The van der Waals surface area contributed by atoms with Crippen LogP contribution in [0, 0.1) is 6.92 Å². The van der Waals surface area contributed by atoms with Crippen LogP contribution >= 0.6 is 24.0 Å². The van der Waals surface area contributed by atoms with E-state index in [1.54, 1.807) is 4.68 Å². The monoisotopic (exact) mass is 507 g/mol. The van der Waals surface area contributed by atoms with E-state index in [4.69, 9.17) is 16.7 Å². The molecule has 0 bridgehead atoms. The lowest BCUT2D eigenvalue weighted by Crippen LogP contribution is -2.30. The minimum atomic E-state index is 0. The summed E-state index contributed by atoms with van der Waals surface area (Å²) in [4.78, 5) is 16.0. The number of hydrogen-bond donors (Lipinski definition) is 0. The van der Waals surface area contributed by atoms with Crippen LogP contribution in [0.15, 0.2) is 77.6 Å². The third kappa shape index (κ3) is 5.95. The number of benzene rings is 3. The maximum atomic E-state index is 13.5. The van der Waals surface area contributed by atoms with Crippen LogP contribution in [0.2, 0.25) is 5.02 Å². The minimum Gasteiger partial charge on any atom is -0.299 e. The number of nitrogens with zero attached hydrogens (tertiary/aromatic N) is 3. The first-order valence-corrected chi connectivity index (χ1v) is 12.5. The number of aromatic nitrogens is 2. The molecule has 1 aliphatic rings. The Labute approximate surface area is 218 Å². The van der Waals surface area contributed by atoms with Crippen molar-refractivity contribution in [2.24, 2.45) is 0 Å². The lowest BCUT2D eigenvalue weighted by atomic mass is 10.0. The van der Waals surface area contributed by atoms with Crippen LogP contribution in [0.1, 0.15) is 47.7 Å². The predicted molar refractivity (Wildman–Crippen MR) is 147 cm³/mol. The molecule has 35 heavy (non-hydrogen) atoms. The van der Waals surface area contributed by atoms with Crippen molar-refractivity contribution in [3.8, 4) is 0 Å². The van der Waals surface area contributed by atoms with Gasteiger partial charge in [0.15, 0.2) is 0 Å². The van der Waals surface area contributed by atoms with E-state index in [-0.39, 0.29) is 24.0 Å². The highest BCUT2D eigenvalue weighted by Crippen LogP contribution is 2.25. The summed E-state index contributed by atoms with van der Waals surface area (Å²) >= 11 is 6.08. The molecule has 0 amide bonds. The minimum absolute atomic E-state index is 0. The van der Waals surface area contributed by atoms with Gasteiger partial charge in [0.05, 0.1) is 17.1 Å². The fraction of sp³-hybridized carbons (Fsp3) is 0.310. The molecular weight excluding hydrogens is 477 g/mol. The van der Waals surface area contributed by atoms with Crippen molar-refractivity contribution >= 4 is 34.8 Å². The third-order valence-electron chi connectivity index (χ3n) is 6.85. The molecule has 3 aromatic carbocycles. The van der Waals surface area contributed by atoms with Gasteiger partial charge in [-0.25, -0.2) is 4.68 Å². The standard InChI is InChI=1S/C29H30ClN3O.ClH/c1-21-8-10-23(11-9-21)20-32-17-4-5-25(16-18-32)33-29(34)27-7-3-2-6-26(27)28(31-33)19-22-12-14-24(30)15-13-22;/h2-3,6-15,25H,4-5,16-20H2,1H3;1H. The second kappa shape index (κ2) is 11.4. The quantitative estimate of drug-likeness (QED) is 0.305. The Hall–Kier alpha value is -2.66. The SMILES string of the molecule is Cc1ccc(CN2CCCC(n3nc(Cc4ccc(Cl)cc4)c4ccccc4c3=O)CC2)cc1.Cl. The van der Waals surface area contributed by atoms with Crippen molar-refractivity contribution in [1.29, 1.82) is 0 Å². The molecular formula is C29H31Cl2N3O. The molecule has 1 atom stereocenters. The smallest absolute Gasteiger partial charge is 0.274 e. The fourth-order valence-electron chi connectivity index (χ4n) is 4.94. The van der Waals surface area contributed by atoms with Gasteiger partial charge >= 0.3 is 0 Å². The molecule has 1 unspecified atom stereocenters. The second-order valence-electron chi connectivity index (χ2n) is 9.39. The Bertz CT molecular complexity index is 1330. The Morgan fingerprint density at radius 2 is 1.57 bits per heavy atom. The van der Waals surface area contributed by atoms with E-state index in [1.807, 2.05) is 48.5 Å². The normalized spacial score (nSPS) is 16.6. The van der Waals surface area contributed by atoms with Crippen molar-refractivity contribution < 1.29 is 0 Å². The lowest BCUT2D eigenvalue weighted by molar-refractivity contribution is 0.270. The zero-order chi connectivity index (χ0) is 23.5. The molecule has 0 aliphatic carbocycles. The van der Waals surface area contributed by atoms with Crippen molar-refractivity contribution in [1.82, 2.24) is 14.7 Å². The number of aryl methyl sites for hydroxylation is 1. The molecule has 1 aliphatic heterocycles. The summed E-state index contributed by atoms with van der Waals surface area (Å²) in [6.07, 6.45) is 3.63. The Kier molecular flexibility index (Phi) is 8.27. The predicted octanol–water partition coefficient (Wildman–Crippen LogP) is 6.60. The van der Waals surface area contributed by atoms with Gasteiger partial charge in [0, 0.05) is 29.9 Å². The molecule has 6 heteroatoms. The van der Waals surface area contributed by atoms with Gasteiger partial charge in [-0.3, -0.25) is 9.69 Å². The summed E-state index contributed by atoms with van der Waals surface area (Å²) in [5.41, 5.74) is 4.73. The highest BCUT2D eigenvalue weighted by atomic mass is 35.5. The van der Waals surface area contributed by atoms with Crippen LogP contribution in [0.25, 0.3) is 10.8 Å². The van der Waals surface area contributed by atoms with Crippen molar-refractivity contribution in [2.75, 3.05) is 13.1 Å². The van der Waals surface area contributed by atoms with Crippen molar-refractivity contribution in [3.05, 3.63) is 111 Å². The molecule has 5 rings (SSSR count). The summed E-state index contributed by atoms with van der Waals surface area (Å²) in [5, 5.41) is 7.37. The van der Waals surface area contributed by atoms with Crippen LogP contribution in [0.3, 0.4) is 0 Å². The third-order valence-corrected chi connectivity index (χ3v) is 7.10. The maximum Gasteiger partial charge on any atom is 0.274 e. The van der Waals surface area contributed by atoms with Gasteiger partial charge in [-0.2, -0.15) is 5.10 Å². The van der Waals surface area contributed by atoms with Gasteiger partial charge < -0.3 is 0 Å². The molecule has 1 fully saturated rings. The van der Waals surface area contributed by atoms with E-state index in [1.165, 1.54) is 11.1 Å². The van der Waals surface area contributed by atoms with Crippen molar-refractivity contribution in [3.63, 3.8) is 0 Å². The Morgan fingerprint density at radius 1 is 0.886 bits per heavy atom. The van der Waals surface area contributed by atoms with Crippen LogP contribution < -0.4 is 5.56 Å². The summed E-state index contributed by atoms with van der Waals surface area (Å²) in [6.45, 7) is 5.08. The Balaban J connectivity index is 0.00000289. The Morgan fingerprint density at radius 3 is 2.31 bits per heavy atom. The first-order valence-electron chi connectivity index (χ1n) is 12.1. The van der Waals surface area contributed by atoms with E-state index in [2.05, 4.69) is 36.1 Å². The van der Waals surface area contributed by atoms with Crippen LogP contribution in [-0.4, -0.2) is 27.8 Å². The maximum absolute atomic E-state index is 13.5. The van der Waals surface area contributed by atoms with E-state index in [9.17, 15) is 4.79 Å². The number of rotatable bonds is 5. The summed E-state index contributed by atoms with van der Waals surface area (Å²) in [5.74, 6) is 0. The van der Waals surface area contributed by atoms with Gasteiger partial charge in [0.25, 0.3) is 5.56 Å². The van der Waals surface area contributed by atoms with Gasteiger partial charge in [-0.15, -0.1) is 12.4 Å². The van der Waals surface area contributed by atoms with Crippen LogP contribution in [-0.2, 0) is 13.0 Å². The van der Waals surface area contributed by atoms with Crippen molar-refractivity contribution in [2.45, 2.75) is 45.2 Å². The zero-order valence-corrected chi connectivity index (χ0v) is 21.6. The first kappa shape index (κ1) is 25.4. The molecule has 1 aromatic heterocycles. The molecule has 182 valence electrons. The molecule has 0 N–H and O–H groups in total. The summed E-state index contributed by atoms with van der Waals surface area (Å²) < 4.78 is 1.78. The number of halogens is 2.